The van der Waals surface area contributed by atoms with Crippen molar-refractivity contribution in [3.05, 3.63) is 18.1 Å². The van der Waals surface area contributed by atoms with Crippen LogP contribution in [0.5, 0.6) is 0 Å². The van der Waals surface area contributed by atoms with Crippen molar-refractivity contribution >= 4 is 18.2 Å². The lowest BCUT2D eigenvalue weighted by atomic mass is 9.96. The molecular formula is C13H21ClN4. The van der Waals surface area contributed by atoms with E-state index < -0.39 is 0 Å². The minimum atomic E-state index is 0. The molecule has 0 saturated carbocycles. The number of aromatic nitrogens is 2. The highest BCUT2D eigenvalue weighted by Crippen LogP contribution is 2.29. The molecule has 0 aromatic carbocycles. The summed E-state index contributed by atoms with van der Waals surface area (Å²) < 4.78 is 0. The smallest absolute Gasteiger partial charge is 0.150 e. The lowest BCUT2D eigenvalue weighted by Crippen LogP contribution is -2.42. The van der Waals surface area contributed by atoms with Crippen molar-refractivity contribution < 1.29 is 0 Å². The van der Waals surface area contributed by atoms with Gasteiger partial charge in [-0.25, -0.2) is 4.98 Å². The fraction of sp³-hybridized carbons (Fsp3) is 0.692. The van der Waals surface area contributed by atoms with Crippen LogP contribution in [0, 0.1) is 5.92 Å². The molecule has 1 N–H and O–H groups in total. The normalized spacial score (nSPS) is 21.3. The lowest BCUT2D eigenvalue weighted by Gasteiger charge is -2.35. The highest BCUT2D eigenvalue weighted by Gasteiger charge is 2.27. The van der Waals surface area contributed by atoms with Crippen LogP contribution >= 0.6 is 12.4 Å². The molecule has 3 rings (SSSR count). The highest BCUT2D eigenvalue weighted by atomic mass is 35.5. The summed E-state index contributed by atoms with van der Waals surface area (Å²) in [6, 6.07) is 0. The molecule has 0 aliphatic carbocycles. The Morgan fingerprint density at radius 2 is 1.83 bits per heavy atom. The van der Waals surface area contributed by atoms with Crippen molar-refractivity contribution in [2.75, 3.05) is 31.1 Å². The predicted molar refractivity (Wildman–Crippen MR) is 75.5 cm³/mol. The first kappa shape index (κ1) is 13.6. The SMILES string of the molecule is CC1CCN(c2nccnc2C2CNC2)CC1.Cl. The maximum Gasteiger partial charge on any atom is 0.150 e. The second-order valence-electron chi connectivity index (χ2n) is 5.29. The second-order valence-corrected chi connectivity index (χ2v) is 5.29. The summed E-state index contributed by atoms with van der Waals surface area (Å²) in [6.45, 7) is 6.71. The van der Waals surface area contributed by atoms with Gasteiger partial charge >= 0.3 is 0 Å². The Labute approximate surface area is 115 Å². The number of nitrogens with one attached hydrogen (secondary N) is 1. The largest absolute Gasteiger partial charge is 0.355 e. The van der Waals surface area contributed by atoms with Crippen LogP contribution in [0.2, 0.25) is 0 Å². The Morgan fingerprint density at radius 3 is 2.44 bits per heavy atom. The van der Waals surface area contributed by atoms with E-state index in [0.717, 1.165) is 37.9 Å². The van der Waals surface area contributed by atoms with Crippen molar-refractivity contribution in [2.45, 2.75) is 25.7 Å². The molecule has 0 unspecified atom stereocenters. The Bertz CT molecular complexity index is 386. The van der Waals surface area contributed by atoms with Crippen molar-refractivity contribution in [3.63, 3.8) is 0 Å². The van der Waals surface area contributed by atoms with Gasteiger partial charge in [0.05, 0.1) is 5.69 Å². The van der Waals surface area contributed by atoms with Crippen molar-refractivity contribution in [1.82, 2.24) is 15.3 Å². The minimum absolute atomic E-state index is 0. The van der Waals surface area contributed by atoms with Crippen LogP contribution in [-0.4, -0.2) is 36.1 Å². The molecule has 0 amide bonds. The van der Waals surface area contributed by atoms with Gasteiger partial charge in [0, 0.05) is 44.5 Å². The van der Waals surface area contributed by atoms with Crippen molar-refractivity contribution in [3.8, 4) is 0 Å². The van der Waals surface area contributed by atoms with E-state index in [-0.39, 0.29) is 12.4 Å². The van der Waals surface area contributed by atoms with Crippen LogP contribution in [0.25, 0.3) is 0 Å². The minimum Gasteiger partial charge on any atom is -0.355 e. The van der Waals surface area contributed by atoms with E-state index in [2.05, 4.69) is 27.1 Å². The maximum absolute atomic E-state index is 4.57. The average Bonchev–Trinajstić information content (AvgIpc) is 2.29. The summed E-state index contributed by atoms with van der Waals surface area (Å²) in [5.41, 5.74) is 1.20. The molecule has 1 aromatic rings. The number of hydrogen-bond acceptors (Lipinski definition) is 4. The van der Waals surface area contributed by atoms with E-state index in [4.69, 9.17) is 0 Å². The third-order valence-corrected chi connectivity index (χ3v) is 3.96. The summed E-state index contributed by atoms with van der Waals surface area (Å²) in [5.74, 6) is 2.56. The third kappa shape index (κ3) is 2.59. The van der Waals surface area contributed by atoms with Crippen molar-refractivity contribution in [1.29, 1.82) is 0 Å². The van der Waals surface area contributed by atoms with E-state index in [9.17, 15) is 0 Å². The molecule has 2 aliphatic heterocycles. The molecule has 100 valence electrons. The highest BCUT2D eigenvalue weighted by molar-refractivity contribution is 5.85. The number of rotatable bonds is 2. The molecule has 18 heavy (non-hydrogen) atoms. The van der Waals surface area contributed by atoms with Gasteiger partial charge in [-0.2, -0.15) is 0 Å². The van der Waals surface area contributed by atoms with Gasteiger partial charge in [0.15, 0.2) is 5.82 Å². The fourth-order valence-electron chi connectivity index (χ4n) is 2.58. The monoisotopic (exact) mass is 268 g/mol. The van der Waals surface area contributed by atoms with E-state index in [1.54, 1.807) is 0 Å². The molecule has 0 radical (unpaired) electrons. The molecule has 2 aliphatic rings. The zero-order valence-corrected chi connectivity index (χ0v) is 11.6. The summed E-state index contributed by atoms with van der Waals surface area (Å²) in [7, 11) is 0. The van der Waals surface area contributed by atoms with E-state index >= 15 is 0 Å². The first-order chi connectivity index (χ1) is 8.34. The predicted octanol–water partition coefficient (Wildman–Crippen LogP) is 1.82. The Balaban J connectivity index is 0.00000120. The molecule has 0 atom stereocenters. The van der Waals surface area contributed by atoms with Gasteiger partial charge in [0.1, 0.15) is 0 Å². The van der Waals surface area contributed by atoms with Crippen LogP contribution < -0.4 is 10.2 Å². The molecule has 0 bridgehead atoms. The quantitative estimate of drug-likeness (QED) is 0.888. The summed E-state index contributed by atoms with van der Waals surface area (Å²) in [4.78, 5) is 11.5. The average molecular weight is 269 g/mol. The first-order valence-corrected chi connectivity index (χ1v) is 6.61. The van der Waals surface area contributed by atoms with Gasteiger partial charge in [-0.15, -0.1) is 12.4 Å². The van der Waals surface area contributed by atoms with E-state index in [0.29, 0.717) is 5.92 Å². The maximum atomic E-state index is 4.57. The topological polar surface area (TPSA) is 41.1 Å². The summed E-state index contributed by atoms with van der Waals surface area (Å²) in [6.07, 6.45) is 6.20. The Hall–Kier alpha value is -0.870. The van der Waals surface area contributed by atoms with Crippen LogP contribution in [0.1, 0.15) is 31.4 Å². The van der Waals surface area contributed by atoms with Crippen molar-refractivity contribution in [2.24, 2.45) is 5.92 Å². The Morgan fingerprint density at radius 1 is 1.17 bits per heavy atom. The third-order valence-electron chi connectivity index (χ3n) is 3.96. The molecule has 5 heteroatoms. The number of halogens is 1. The summed E-state index contributed by atoms with van der Waals surface area (Å²) in [5, 5.41) is 3.31. The van der Waals surface area contributed by atoms with Gasteiger partial charge in [-0.1, -0.05) is 6.92 Å². The number of nitrogens with zero attached hydrogens (tertiary/aromatic N) is 3. The van der Waals surface area contributed by atoms with E-state index in [1.807, 2.05) is 12.4 Å². The zero-order valence-electron chi connectivity index (χ0n) is 10.8. The zero-order chi connectivity index (χ0) is 11.7. The first-order valence-electron chi connectivity index (χ1n) is 6.61. The lowest BCUT2D eigenvalue weighted by molar-refractivity contribution is 0.421. The van der Waals surface area contributed by atoms with Gasteiger partial charge in [0.2, 0.25) is 0 Å². The fourth-order valence-corrected chi connectivity index (χ4v) is 2.58. The van der Waals surface area contributed by atoms with Gasteiger partial charge in [-0.3, -0.25) is 4.98 Å². The molecule has 3 heterocycles. The number of piperidine rings is 1. The number of anilines is 1. The molecular weight excluding hydrogens is 248 g/mol. The molecule has 1 aromatic heterocycles. The van der Waals surface area contributed by atoms with Crippen LogP contribution in [0.3, 0.4) is 0 Å². The van der Waals surface area contributed by atoms with Crippen LogP contribution in [0.15, 0.2) is 12.4 Å². The number of hydrogen-bond donors (Lipinski definition) is 1. The molecule has 2 fully saturated rings. The van der Waals surface area contributed by atoms with E-state index in [1.165, 1.54) is 18.5 Å². The molecule has 4 nitrogen and oxygen atoms in total. The van der Waals surface area contributed by atoms with Gasteiger partial charge in [-0.05, 0) is 18.8 Å². The standard InChI is InChI=1S/C13H20N4.ClH/c1-10-2-6-17(7-3-10)13-12(11-8-14-9-11)15-4-5-16-13;/h4-5,10-11,14H,2-3,6-9H2,1H3;1H. The second kappa shape index (κ2) is 5.85. The molecule has 0 spiro atoms. The Kier molecular flexibility index (Phi) is 4.40. The van der Waals surface area contributed by atoms with Gasteiger partial charge < -0.3 is 10.2 Å². The molecule has 2 saturated heterocycles. The van der Waals surface area contributed by atoms with Crippen LogP contribution in [0.4, 0.5) is 5.82 Å². The van der Waals surface area contributed by atoms with Crippen LogP contribution in [-0.2, 0) is 0 Å². The van der Waals surface area contributed by atoms with Gasteiger partial charge in [0.25, 0.3) is 0 Å². The summed E-state index contributed by atoms with van der Waals surface area (Å²) >= 11 is 0.